The van der Waals surface area contributed by atoms with Crippen molar-refractivity contribution in [2.24, 2.45) is 0 Å². The number of methoxy groups -OCH3 is 2. The molecule has 1 atom stereocenters. The van der Waals surface area contributed by atoms with Gasteiger partial charge in [-0.2, -0.15) is 0 Å². The van der Waals surface area contributed by atoms with Crippen molar-refractivity contribution in [3.63, 3.8) is 0 Å². The molecule has 0 saturated carbocycles. The molecular formula is C10H11BrO6. The lowest BCUT2D eigenvalue weighted by molar-refractivity contribution is -0.147. The molecule has 0 radical (unpaired) electrons. The SMILES string of the molecule is COc1cc(Br)c(C(O)C(=O)O)c(O)c1OC. The number of aromatic hydroxyl groups is 1. The zero-order valence-electron chi connectivity index (χ0n) is 9.10. The zero-order valence-corrected chi connectivity index (χ0v) is 10.7. The second-order valence-electron chi connectivity index (χ2n) is 3.10. The van der Waals surface area contributed by atoms with Gasteiger partial charge in [0.05, 0.1) is 19.8 Å². The molecule has 0 heterocycles. The number of carboxylic acid groups (broad SMARTS) is 1. The molecule has 0 amide bonds. The number of aliphatic carboxylic acids is 1. The Labute approximate surface area is 106 Å². The number of benzene rings is 1. The fourth-order valence-electron chi connectivity index (χ4n) is 1.34. The van der Waals surface area contributed by atoms with Crippen LogP contribution in [0.25, 0.3) is 0 Å². The summed E-state index contributed by atoms with van der Waals surface area (Å²) in [5, 5.41) is 28.0. The lowest BCUT2D eigenvalue weighted by Crippen LogP contribution is -2.12. The molecule has 0 aliphatic heterocycles. The highest BCUT2D eigenvalue weighted by Crippen LogP contribution is 2.45. The first-order valence-corrected chi connectivity index (χ1v) is 5.27. The zero-order chi connectivity index (χ0) is 13.2. The average Bonchev–Trinajstić information content (AvgIpc) is 2.27. The summed E-state index contributed by atoms with van der Waals surface area (Å²) < 4.78 is 10.1. The van der Waals surface area contributed by atoms with Gasteiger partial charge in [0.2, 0.25) is 5.75 Å². The Hall–Kier alpha value is -1.47. The minimum Gasteiger partial charge on any atom is -0.504 e. The van der Waals surface area contributed by atoms with Crippen LogP contribution in [-0.4, -0.2) is 35.5 Å². The summed E-state index contributed by atoms with van der Waals surface area (Å²) in [6.45, 7) is 0. The number of carbonyl (C=O) groups is 1. The number of carboxylic acids is 1. The molecule has 94 valence electrons. The number of hydrogen-bond donors (Lipinski definition) is 3. The van der Waals surface area contributed by atoms with Gasteiger partial charge in [-0.15, -0.1) is 0 Å². The van der Waals surface area contributed by atoms with Crippen LogP contribution in [0.2, 0.25) is 0 Å². The molecule has 1 aromatic carbocycles. The van der Waals surface area contributed by atoms with Gasteiger partial charge in [0.1, 0.15) is 0 Å². The van der Waals surface area contributed by atoms with Crippen LogP contribution in [0.15, 0.2) is 10.5 Å². The summed E-state index contributed by atoms with van der Waals surface area (Å²) in [6, 6.07) is 1.40. The third kappa shape index (κ3) is 2.45. The van der Waals surface area contributed by atoms with E-state index in [1.807, 2.05) is 0 Å². The first kappa shape index (κ1) is 13.6. The summed E-state index contributed by atoms with van der Waals surface area (Å²) in [5.41, 5.74) is -0.185. The van der Waals surface area contributed by atoms with Gasteiger partial charge in [-0.3, -0.25) is 0 Å². The molecule has 0 fully saturated rings. The molecule has 17 heavy (non-hydrogen) atoms. The maximum atomic E-state index is 10.7. The summed E-state index contributed by atoms with van der Waals surface area (Å²) in [5.74, 6) is -1.77. The number of phenols is 1. The van der Waals surface area contributed by atoms with E-state index in [-0.39, 0.29) is 21.5 Å². The number of phenolic OH excluding ortho intramolecular Hbond substituents is 1. The largest absolute Gasteiger partial charge is 0.504 e. The van der Waals surface area contributed by atoms with E-state index >= 15 is 0 Å². The molecular weight excluding hydrogens is 296 g/mol. The number of hydrogen-bond acceptors (Lipinski definition) is 5. The van der Waals surface area contributed by atoms with Crippen molar-refractivity contribution in [1.82, 2.24) is 0 Å². The molecule has 6 nitrogen and oxygen atoms in total. The molecule has 3 N–H and O–H groups in total. The Kier molecular flexibility index (Phi) is 4.19. The minimum absolute atomic E-state index is 0.0361. The maximum Gasteiger partial charge on any atom is 0.337 e. The van der Waals surface area contributed by atoms with E-state index in [2.05, 4.69) is 15.9 Å². The van der Waals surface area contributed by atoms with Crippen molar-refractivity contribution in [1.29, 1.82) is 0 Å². The second kappa shape index (κ2) is 5.24. The minimum atomic E-state index is -1.86. The Morgan fingerprint density at radius 1 is 1.41 bits per heavy atom. The van der Waals surface area contributed by atoms with Crippen molar-refractivity contribution in [2.75, 3.05) is 14.2 Å². The van der Waals surface area contributed by atoms with E-state index in [0.717, 1.165) is 0 Å². The Morgan fingerprint density at radius 2 is 2.00 bits per heavy atom. The maximum absolute atomic E-state index is 10.7. The fourth-order valence-corrected chi connectivity index (χ4v) is 1.96. The Morgan fingerprint density at radius 3 is 2.41 bits per heavy atom. The molecule has 7 heteroatoms. The summed E-state index contributed by atoms with van der Waals surface area (Å²) in [7, 11) is 2.67. The number of aliphatic hydroxyl groups is 1. The fraction of sp³-hybridized carbons (Fsp3) is 0.300. The topological polar surface area (TPSA) is 96.2 Å². The lowest BCUT2D eigenvalue weighted by Gasteiger charge is -2.16. The highest BCUT2D eigenvalue weighted by Gasteiger charge is 2.27. The van der Waals surface area contributed by atoms with E-state index in [1.54, 1.807) is 0 Å². The quantitative estimate of drug-likeness (QED) is 0.775. The molecule has 1 aromatic rings. The summed E-state index contributed by atoms with van der Waals surface area (Å²) >= 11 is 3.05. The first-order chi connectivity index (χ1) is 7.93. The number of rotatable bonds is 4. The van der Waals surface area contributed by atoms with E-state index in [0.29, 0.717) is 0 Å². The van der Waals surface area contributed by atoms with Gasteiger partial charge in [0.15, 0.2) is 17.6 Å². The van der Waals surface area contributed by atoms with Gasteiger partial charge in [0.25, 0.3) is 0 Å². The Balaban J connectivity index is 3.47. The third-order valence-corrected chi connectivity index (χ3v) is 2.80. The van der Waals surface area contributed by atoms with Crippen molar-refractivity contribution < 1.29 is 29.6 Å². The van der Waals surface area contributed by atoms with Gasteiger partial charge >= 0.3 is 5.97 Å². The first-order valence-electron chi connectivity index (χ1n) is 4.48. The van der Waals surface area contributed by atoms with Gasteiger partial charge in [-0.1, -0.05) is 15.9 Å². The van der Waals surface area contributed by atoms with E-state index < -0.39 is 17.8 Å². The standard InChI is InChI=1S/C10H11BrO6/c1-16-5-3-4(11)6(8(13)10(14)15)7(12)9(5)17-2/h3,8,12-13H,1-2H3,(H,14,15). The molecule has 0 spiro atoms. The van der Waals surface area contributed by atoms with Crippen LogP contribution in [-0.2, 0) is 4.79 Å². The molecule has 1 unspecified atom stereocenters. The van der Waals surface area contributed by atoms with Crippen molar-refractivity contribution in [3.8, 4) is 17.2 Å². The van der Waals surface area contributed by atoms with Crippen LogP contribution < -0.4 is 9.47 Å². The van der Waals surface area contributed by atoms with E-state index in [9.17, 15) is 15.0 Å². The van der Waals surface area contributed by atoms with Gasteiger partial charge in [-0.25, -0.2) is 4.79 Å². The van der Waals surface area contributed by atoms with E-state index in [1.165, 1.54) is 20.3 Å². The monoisotopic (exact) mass is 306 g/mol. The summed E-state index contributed by atoms with van der Waals surface area (Å²) in [6.07, 6.45) is -1.86. The molecule has 0 saturated heterocycles. The Bertz CT molecular complexity index is 445. The molecule has 0 aliphatic carbocycles. The number of ether oxygens (including phenoxy) is 2. The summed E-state index contributed by atoms with van der Waals surface area (Å²) in [4.78, 5) is 10.7. The molecule has 0 aromatic heterocycles. The highest BCUT2D eigenvalue weighted by molar-refractivity contribution is 9.10. The van der Waals surface area contributed by atoms with Crippen LogP contribution >= 0.6 is 15.9 Å². The molecule has 0 bridgehead atoms. The number of aliphatic hydroxyl groups excluding tert-OH is 1. The van der Waals surface area contributed by atoms with Crippen molar-refractivity contribution >= 4 is 21.9 Å². The van der Waals surface area contributed by atoms with Gasteiger partial charge < -0.3 is 24.8 Å². The van der Waals surface area contributed by atoms with Crippen LogP contribution in [0.4, 0.5) is 0 Å². The van der Waals surface area contributed by atoms with Crippen molar-refractivity contribution in [2.45, 2.75) is 6.10 Å². The normalized spacial score (nSPS) is 12.0. The highest BCUT2D eigenvalue weighted by atomic mass is 79.9. The van der Waals surface area contributed by atoms with Crippen LogP contribution in [0.3, 0.4) is 0 Å². The predicted molar refractivity (Wildman–Crippen MR) is 61.5 cm³/mol. The molecule has 0 aliphatic rings. The number of halogens is 1. The average molecular weight is 307 g/mol. The van der Waals surface area contributed by atoms with Crippen LogP contribution in [0, 0.1) is 0 Å². The van der Waals surface area contributed by atoms with Gasteiger partial charge in [0, 0.05) is 4.47 Å². The van der Waals surface area contributed by atoms with Crippen molar-refractivity contribution in [3.05, 3.63) is 16.1 Å². The van der Waals surface area contributed by atoms with Crippen LogP contribution in [0.5, 0.6) is 17.2 Å². The third-order valence-electron chi connectivity index (χ3n) is 2.14. The second-order valence-corrected chi connectivity index (χ2v) is 3.95. The predicted octanol–water partition coefficient (Wildman–Crippen LogP) is 1.29. The molecule has 1 rings (SSSR count). The van der Waals surface area contributed by atoms with E-state index in [4.69, 9.17) is 14.6 Å². The smallest absolute Gasteiger partial charge is 0.337 e. The lowest BCUT2D eigenvalue weighted by atomic mass is 10.1. The van der Waals surface area contributed by atoms with Crippen LogP contribution in [0.1, 0.15) is 11.7 Å². The van der Waals surface area contributed by atoms with Gasteiger partial charge in [-0.05, 0) is 6.07 Å².